The first-order valence-corrected chi connectivity index (χ1v) is 7.39. The molecule has 0 bridgehead atoms. The van der Waals surface area contributed by atoms with Gasteiger partial charge in [-0.3, -0.25) is 0 Å². The van der Waals surface area contributed by atoms with E-state index < -0.39 is 0 Å². The largest absolute Gasteiger partial charge is 0.345 e. The van der Waals surface area contributed by atoms with E-state index in [4.69, 9.17) is 0 Å². The molecule has 18 heavy (non-hydrogen) atoms. The summed E-state index contributed by atoms with van der Waals surface area (Å²) in [5.41, 5.74) is 1.23. The molecule has 0 aliphatic heterocycles. The number of hydrogen-bond acceptors (Lipinski definition) is 2. The van der Waals surface area contributed by atoms with Crippen molar-refractivity contribution in [2.75, 3.05) is 6.54 Å². The average Bonchev–Trinajstić information content (AvgIpc) is 2.78. The van der Waals surface area contributed by atoms with Crippen LogP contribution in [0.15, 0.2) is 6.20 Å². The average molecular weight is 249 g/mol. The van der Waals surface area contributed by atoms with Gasteiger partial charge in [0.1, 0.15) is 5.82 Å². The smallest absolute Gasteiger partial charge is 0.109 e. The fourth-order valence-corrected chi connectivity index (χ4v) is 2.70. The highest BCUT2D eigenvalue weighted by atomic mass is 15.0. The molecule has 3 heteroatoms. The minimum atomic E-state index is 0.667. The molecule has 0 spiro atoms. The maximum atomic E-state index is 4.57. The van der Waals surface area contributed by atoms with Crippen LogP contribution in [0.1, 0.15) is 63.9 Å². The van der Waals surface area contributed by atoms with Crippen molar-refractivity contribution in [1.29, 1.82) is 0 Å². The van der Waals surface area contributed by atoms with E-state index in [1.165, 1.54) is 37.2 Å². The zero-order chi connectivity index (χ0) is 13.0. The topological polar surface area (TPSA) is 40.7 Å². The molecule has 0 aromatic carbocycles. The third-order valence-corrected chi connectivity index (χ3v) is 3.92. The minimum absolute atomic E-state index is 0.667. The van der Waals surface area contributed by atoms with Crippen LogP contribution in [0.3, 0.4) is 0 Å². The summed E-state index contributed by atoms with van der Waals surface area (Å²) in [6.07, 6.45) is 7.31. The Bertz CT molecular complexity index is 348. The minimum Gasteiger partial charge on any atom is -0.345 e. The van der Waals surface area contributed by atoms with E-state index in [0.29, 0.717) is 11.8 Å². The Morgan fingerprint density at radius 3 is 2.72 bits per heavy atom. The quantitative estimate of drug-likeness (QED) is 0.839. The molecule has 0 unspecified atom stereocenters. The first-order chi connectivity index (χ1) is 8.65. The van der Waals surface area contributed by atoms with Gasteiger partial charge in [-0.15, -0.1) is 0 Å². The van der Waals surface area contributed by atoms with Gasteiger partial charge in [-0.25, -0.2) is 4.98 Å². The van der Waals surface area contributed by atoms with Crippen LogP contribution in [0, 0.1) is 11.8 Å². The number of rotatable bonds is 5. The van der Waals surface area contributed by atoms with Crippen LogP contribution in [0.2, 0.25) is 0 Å². The molecule has 0 radical (unpaired) electrons. The van der Waals surface area contributed by atoms with Crippen molar-refractivity contribution in [2.45, 2.75) is 58.9 Å². The second-order valence-corrected chi connectivity index (χ2v) is 6.28. The molecule has 2 N–H and O–H groups in total. The predicted octanol–water partition coefficient (Wildman–Crippen LogP) is 3.45. The fraction of sp³-hybridized carbons (Fsp3) is 0.800. The number of aromatic amines is 1. The Hall–Kier alpha value is -0.830. The summed E-state index contributed by atoms with van der Waals surface area (Å²) >= 11 is 0. The zero-order valence-corrected chi connectivity index (χ0v) is 12.0. The van der Waals surface area contributed by atoms with Crippen molar-refractivity contribution in [1.82, 2.24) is 15.3 Å². The Kier molecular flexibility index (Phi) is 4.81. The molecule has 0 atom stereocenters. The van der Waals surface area contributed by atoms with Gasteiger partial charge in [0, 0.05) is 24.4 Å². The van der Waals surface area contributed by atoms with Gasteiger partial charge >= 0.3 is 0 Å². The molecule has 2 rings (SSSR count). The van der Waals surface area contributed by atoms with Gasteiger partial charge in [0.25, 0.3) is 0 Å². The number of imidazole rings is 1. The van der Waals surface area contributed by atoms with Gasteiger partial charge < -0.3 is 10.3 Å². The molecule has 1 aliphatic carbocycles. The van der Waals surface area contributed by atoms with Crippen LogP contribution >= 0.6 is 0 Å². The van der Waals surface area contributed by atoms with Crippen molar-refractivity contribution in [3.63, 3.8) is 0 Å². The standard InChI is InChI=1S/C15H27N3/c1-11(2)8-16-9-14-10-17-15(18-14)13-6-4-12(3)5-7-13/h10-13,16H,4-9H2,1-3H3,(H,17,18). The van der Waals surface area contributed by atoms with Crippen LogP contribution in [0.4, 0.5) is 0 Å². The van der Waals surface area contributed by atoms with E-state index in [2.05, 4.69) is 36.1 Å². The monoisotopic (exact) mass is 249 g/mol. The molecule has 3 nitrogen and oxygen atoms in total. The number of nitrogens with zero attached hydrogens (tertiary/aromatic N) is 1. The molecule has 1 aromatic rings. The van der Waals surface area contributed by atoms with Crippen molar-refractivity contribution in [3.8, 4) is 0 Å². The van der Waals surface area contributed by atoms with Crippen molar-refractivity contribution in [2.24, 2.45) is 11.8 Å². The second-order valence-electron chi connectivity index (χ2n) is 6.28. The van der Waals surface area contributed by atoms with E-state index >= 15 is 0 Å². The third kappa shape index (κ3) is 3.84. The number of aromatic nitrogens is 2. The lowest BCUT2D eigenvalue weighted by Gasteiger charge is -2.24. The van der Waals surface area contributed by atoms with Crippen molar-refractivity contribution in [3.05, 3.63) is 17.7 Å². The highest BCUT2D eigenvalue weighted by Gasteiger charge is 2.21. The van der Waals surface area contributed by atoms with Gasteiger partial charge in [-0.1, -0.05) is 33.6 Å². The molecular formula is C15H27N3. The molecule has 0 saturated heterocycles. The van der Waals surface area contributed by atoms with E-state index in [1.54, 1.807) is 0 Å². The first kappa shape index (κ1) is 13.6. The summed E-state index contributed by atoms with van der Waals surface area (Å²) in [5, 5.41) is 3.45. The van der Waals surface area contributed by atoms with Crippen molar-refractivity contribution >= 4 is 0 Å². The van der Waals surface area contributed by atoms with Gasteiger partial charge in [-0.2, -0.15) is 0 Å². The molecule has 1 saturated carbocycles. The lowest BCUT2D eigenvalue weighted by atomic mass is 9.83. The second kappa shape index (κ2) is 6.37. The first-order valence-electron chi connectivity index (χ1n) is 7.39. The molecule has 1 aliphatic rings. The van der Waals surface area contributed by atoms with E-state index in [1.807, 2.05) is 6.20 Å². The molecule has 1 heterocycles. The van der Waals surface area contributed by atoms with Crippen LogP contribution < -0.4 is 5.32 Å². The number of H-pyrrole nitrogens is 1. The van der Waals surface area contributed by atoms with Crippen LogP contribution in [0.5, 0.6) is 0 Å². The summed E-state index contributed by atoms with van der Waals surface area (Å²) in [7, 11) is 0. The summed E-state index contributed by atoms with van der Waals surface area (Å²) in [6.45, 7) is 8.80. The Labute approximate surface area is 111 Å². The SMILES string of the molecule is CC(C)CNCc1cnc(C2CCC(C)CC2)[nH]1. The number of hydrogen-bond donors (Lipinski definition) is 2. The van der Waals surface area contributed by atoms with Crippen LogP contribution in [-0.4, -0.2) is 16.5 Å². The van der Waals surface area contributed by atoms with Gasteiger partial charge in [-0.05, 0) is 31.2 Å². The van der Waals surface area contributed by atoms with E-state index in [9.17, 15) is 0 Å². The van der Waals surface area contributed by atoms with Crippen LogP contribution in [0.25, 0.3) is 0 Å². The maximum Gasteiger partial charge on any atom is 0.109 e. The summed E-state index contributed by atoms with van der Waals surface area (Å²) in [4.78, 5) is 8.06. The zero-order valence-electron chi connectivity index (χ0n) is 12.0. The van der Waals surface area contributed by atoms with Gasteiger partial charge in [0.2, 0.25) is 0 Å². The maximum absolute atomic E-state index is 4.57. The summed E-state index contributed by atoms with van der Waals surface area (Å²) in [5.74, 6) is 3.49. The van der Waals surface area contributed by atoms with E-state index in [0.717, 1.165) is 19.0 Å². The lowest BCUT2D eigenvalue weighted by molar-refractivity contribution is 0.340. The van der Waals surface area contributed by atoms with Crippen LogP contribution in [-0.2, 0) is 6.54 Å². The molecular weight excluding hydrogens is 222 g/mol. The molecule has 1 aromatic heterocycles. The Morgan fingerprint density at radius 1 is 1.33 bits per heavy atom. The highest BCUT2D eigenvalue weighted by Crippen LogP contribution is 2.33. The molecule has 0 amide bonds. The third-order valence-electron chi connectivity index (χ3n) is 3.92. The Morgan fingerprint density at radius 2 is 2.06 bits per heavy atom. The fourth-order valence-electron chi connectivity index (χ4n) is 2.70. The van der Waals surface area contributed by atoms with Crippen molar-refractivity contribution < 1.29 is 0 Å². The molecule has 102 valence electrons. The summed E-state index contributed by atoms with van der Waals surface area (Å²) in [6, 6.07) is 0. The summed E-state index contributed by atoms with van der Waals surface area (Å²) < 4.78 is 0. The highest BCUT2D eigenvalue weighted by molar-refractivity contribution is 5.06. The number of nitrogens with one attached hydrogen (secondary N) is 2. The van der Waals surface area contributed by atoms with E-state index in [-0.39, 0.29) is 0 Å². The predicted molar refractivity (Wildman–Crippen MR) is 75.5 cm³/mol. The Balaban J connectivity index is 1.82. The van der Waals surface area contributed by atoms with Gasteiger partial charge in [0.05, 0.1) is 0 Å². The lowest BCUT2D eigenvalue weighted by Crippen LogP contribution is -2.19. The van der Waals surface area contributed by atoms with Gasteiger partial charge in [0.15, 0.2) is 0 Å². The normalized spacial score (nSPS) is 24.7. The molecule has 1 fully saturated rings.